The normalized spacial score (nSPS) is 16.3. The van der Waals surface area contributed by atoms with Crippen LogP contribution in [-0.2, 0) is 0 Å². The maximum absolute atomic E-state index is 10.1. The molecule has 0 saturated carbocycles. The highest BCUT2D eigenvalue weighted by Crippen LogP contribution is 2.39. The van der Waals surface area contributed by atoms with E-state index in [1.165, 1.54) is 0 Å². The van der Waals surface area contributed by atoms with E-state index in [2.05, 4.69) is 41.0 Å². The lowest BCUT2D eigenvalue weighted by atomic mass is 9.96. The number of benzene rings is 1. The van der Waals surface area contributed by atoms with Crippen LogP contribution in [0.25, 0.3) is 5.52 Å². The van der Waals surface area contributed by atoms with Gasteiger partial charge in [0, 0.05) is 23.8 Å². The maximum Gasteiger partial charge on any atom is 0.138 e. The summed E-state index contributed by atoms with van der Waals surface area (Å²) in [4.78, 5) is 0. The van der Waals surface area contributed by atoms with Crippen molar-refractivity contribution in [1.82, 2.24) is 14.9 Å². The standard InChI is InChI=1S/C24H30N6O/c1-4-31-19-9-7-17(8-10-19)29-24-22(16(2)3)23(28-18-6-5-12-26-15-18)20(14-25)21-11-13-27-30(21)24/h7-11,13,16,18,26,28-29H,4-6,12,15H2,1-3H3/t18-/m0/s1. The van der Waals surface area contributed by atoms with E-state index in [0.29, 0.717) is 18.2 Å². The molecule has 1 aliphatic rings. The fraction of sp³-hybridized carbons (Fsp3) is 0.417. The largest absolute Gasteiger partial charge is 0.494 e. The molecule has 1 saturated heterocycles. The molecule has 7 nitrogen and oxygen atoms in total. The summed E-state index contributed by atoms with van der Waals surface area (Å²) in [6.45, 7) is 8.86. The molecule has 0 amide bonds. The Morgan fingerprint density at radius 1 is 1.29 bits per heavy atom. The second-order valence-electron chi connectivity index (χ2n) is 8.18. The predicted octanol–water partition coefficient (Wildman–Crippen LogP) is 4.64. The molecule has 2 aromatic heterocycles. The number of nitrogens with one attached hydrogen (secondary N) is 3. The SMILES string of the molecule is CCOc1ccc(Nc2c(C(C)C)c(N[C@H]3CCCNC3)c(C#N)c3ccnn23)cc1. The highest BCUT2D eigenvalue weighted by atomic mass is 16.5. The van der Waals surface area contributed by atoms with Crippen LogP contribution in [0.4, 0.5) is 17.2 Å². The number of nitriles is 1. The summed E-state index contributed by atoms with van der Waals surface area (Å²) in [5.74, 6) is 1.91. The lowest BCUT2D eigenvalue weighted by Crippen LogP contribution is -2.39. The van der Waals surface area contributed by atoms with E-state index >= 15 is 0 Å². The van der Waals surface area contributed by atoms with Gasteiger partial charge in [0.15, 0.2) is 0 Å². The summed E-state index contributed by atoms with van der Waals surface area (Å²) in [5, 5.41) is 25.3. The fourth-order valence-electron chi connectivity index (χ4n) is 4.23. The van der Waals surface area contributed by atoms with Gasteiger partial charge in [-0.2, -0.15) is 10.4 Å². The number of nitrogens with zero attached hydrogens (tertiary/aromatic N) is 3. The number of anilines is 3. The minimum Gasteiger partial charge on any atom is -0.494 e. The Labute approximate surface area is 183 Å². The Kier molecular flexibility index (Phi) is 6.28. The number of piperidine rings is 1. The molecule has 1 atom stereocenters. The Bertz CT molecular complexity index is 1070. The highest BCUT2D eigenvalue weighted by molar-refractivity contribution is 5.83. The molecule has 0 bridgehead atoms. The Morgan fingerprint density at radius 2 is 2.10 bits per heavy atom. The van der Waals surface area contributed by atoms with Crippen molar-refractivity contribution >= 4 is 22.7 Å². The fourth-order valence-corrected chi connectivity index (χ4v) is 4.23. The molecule has 1 fully saturated rings. The van der Waals surface area contributed by atoms with Gasteiger partial charge in [0.2, 0.25) is 0 Å². The molecular formula is C24H30N6O. The van der Waals surface area contributed by atoms with E-state index in [4.69, 9.17) is 4.74 Å². The van der Waals surface area contributed by atoms with E-state index in [-0.39, 0.29) is 5.92 Å². The van der Waals surface area contributed by atoms with Gasteiger partial charge in [-0.05, 0) is 62.6 Å². The summed E-state index contributed by atoms with van der Waals surface area (Å²) < 4.78 is 7.41. The van der Waals surface area contributed by atoms with Gasteiger partial charge in [0.1, 0.15) is 23.2 Å². The number of fused-ring (bicyclic) bond motifs is 1. The first-order chi connectivity index (χ1) is 15.1. The van der Waals surface area contributed by atoms with E-state index in [1.54, 1.807) is 6.20 Å². The van der Waals surface area contributed by atoms with Crippen molar-refractivity contribution in [2.75, 3.05) is 30.3 Å². The van der Waals surface area contributed by atoms with Crippen molar-refractivity contribution < 1.29 is 4.74 Å². The van der Waals surface area contributed by atoms with Gasteiger partial charge in [-0.15, -0.1) is 0 Å². The van der Waals surface area contributed by atoms with Crippen LogP contribution in [0.15, 0.2) is 36.5 Å². The first-order valence-electron chi connectivity index (χ1n) is 11.0. The van der Waals surface area contributed by atoms with Crippen LogP contribution in [0.5, 0.6) is 5.75 Å². The second kappa shape index (κ2) is 9.27. The molecule has 0 unspecified atom stereocenters. The van der Waals surface area contributed by atoms with Crippen molar-refractivity contribution in [1.29, 1.82) is 5.26 Å². The van der Waals surface area contributed by atoms with Gasteiger partial charge < -0.3 is 20.7 Å². The summed E-state index contributed by atoms with van der Waals surface area (Å²) in [7, 11) is 0. The zero-order valence-corrected chi connectivity index (χ0v) is 18.4. The minimum absolute atomic E-state index is 0.185. The molecule has 31 heavy (non-hydrogen) atoms. The van der Waals surface area contributed by atoms with Gasteiger partial charge in [-0.25, -0.2) is 4.52 Å². The Morgan fingerprint density at radius 3 is 2.74 bits per heavy atom. The Balaban J connectivity index is 1.82. The van der Waals surface area contributed by atoms with E-state index in [9.17, 15) is 5.26 Å². The van der Waals surface area contributed by atoms with Crippen molar-refractivity contribution in [3.63, 3.8) is 0 Å². The van der Waals surface area contributed by atoms with Gasteiger partial charge in [0.25, 0.3) is 0 Å². The third-order valence-corrected chi connectivity index (χ3v) is 5.65. The zero-order chi connectivity index (χ0) is 21.8. The zero-order valence-electron chi connectivity index (χ0n) is 18.4. The smallest absolute Gasteiger partial charge is 0.138 e. The van der Waals surface area contributed by atoms with Crippen LogP contribution in [0.1, 0.15) is 50.7 Å². The van der Waals surface area contributed by atoms with E-state index < -0.39 is 0 Å². The summed E-state index contributed by atoms with van der Waals surface area (Å²) in [5.41, 5.74) is 4.35. The van der Waals surface area contributed by atoms with Crippen LogP contribution >= 0.6 is 0 Å². The van der Waals surface area contributed by atoms with Crippen LogP contribution < -0.4 is 20.7 Å². The van der Waals surface area contributed by atoms with E-state index in [1.807, 2.05) is 41.8 Å². The number of rotatable bonds is 7. The van der Waals surface area contributed by atoms with E-state index in [0.717, 1.165) is 60.0 Å². The number of ether oxygens (including phenoxy) is 1. The monoisotopic (exact) mass is 418 g/mol. The molecule has 4 rings (SSSR count). The molecule has 0 aliphatic carbocycles. The molecular weight excluding hydrogens is 388 g/mol. The lowest BCUT2D eigenvalue weighted by Gasteiger charge is -2.29. The first-order valence-corrected chi connectivity index (χ1v) is 11.0. The first kappa shape index (κ1) is 21.0. The number of hydrogen-bond donors (Lipinski definition) is 3. The third-order valence-electron chi connectivity index (χ3n) is 5.65. The molecule has 3 heterocycles. The summed E-state index contributed by atoms with van der Waals surface area (Å²) in [6, 6.07) is 12.5. The molecule has 162 valence electrons. The van der Waals surface area contributed by atoms with Gasteiger partial charge >= 0.3 is 0 Å². The Hall–Kier alpha value is -3.24. The minimum atomic E-state index is 0.185. The number of pyridine rings is 1. The second-order valence-corrected chi connectivity index (χ2v) is 8.18. The topological polar surface area (TPSA) is 86.4 Å². The molecule has 0 radical (unpaired) electrons. The molecule has 3 aromatic rings. The maximum atomic E-state index is 10.1. The van der Waals surface area contributed by atoms with Crippen LogP contribution in [-0.4, -0.2) is 35.4 Å². The van der Waals surface area contributed by atoms with Gasteiger partial charge in [-0.1, -0.05) is 13.8 Å². The quantitative estimate of drug-likeness (QED) is 0.518. The van der Waals surface area contributed by atoms with Crippen LogP contribution in [0, 0.1) is 11.3 Å². The van der Waals surface area contributed by atoms with Gasteiger partial charge in [0.05, 0.1) is 24.0 Å². The number of aromatic nitrogens is 2. The average Bonchev–Trinajstić information content (AvgIpc) is 3.26. The molecule has 1 aliphatic heterocycles. The average molecular weight is 419 g/mol. The van der Waals surface area contributed by atoms with Crippen molar-refractivity contribution in [3.8, 4) is 11.8 Å². The van der Waals surface area contributed by atoms with Crippen LogP contribution in [0.3, 0.4) is 0 Å². The van der Waals surface area contributed by atoms with Crippen molar-refractivity contribution in [3.05, 3.63) is 47.7 Å². The molecule has 3 N–H and O–H groups in total. The number of hydrogen-bond acceptors (Lipinski definition) is 6. The lowest BCUT2D eigenvalue weighted by molar-refractivity contribution is 0.340. The summed E-state index contributed by atoms with van der Waals surface area (Å²) >= 11 is 0. The van der Waals surface area contributed by atoms with Crippen molar-refractivity contribution in [2.45, 2.75) is 45.6 Å². The molecule has 1 aromatic carbocycles. The van der Waals surface area contributed by atoms with Crippen molar-refractivity contribution in [2.24, 2.45) is 0 Å². The summed E-state index contributed by atoms with van der Waals surface area (Å²) in [6.07, 6.45) is 3.96. The predicted molar refractivity (Wildman–Crippen MR) is 124 cm³/mol. The highest BCUT2D eigenvalue weighted by Gasteiger charge is 2.25. The third kappa shape index (κ3) is 4.30. The molecule has 0 spiro atoms. The molecule has 7 heteroatoms. The van der Waals surface area contributed by atoms with Crippen LogP contribution in [0.2, 0.25) is 0 Å². The van der Waals surface area contributed by atoms with Gasteiger partial charge in [-0.3, -0.25) is 0 Å².